The largest absolute Gasteiger partial charge is 0.289 e. The molecule has 8 bridgehead atoms. The van der Waals surface area contributed by atoms with Gasteiger partial charge in [-0.2, -0.15) is 4.99 Å². The number of rotatable bonds is 6. The van der Waals surface area contributed by atoms with Crippen LogP contribution in [0.1, 0.15) is 16.7 Å². The van der Waals surface area contributed by atoms with Crippen LogP contribution in [-0.4, -0.2) is 39.7 Å². The second-order valence-corrected chi connectivity index (χ2v) is 11.1. The van der Waals surface area contributed by atoms with E-state index in [2.05, 4.69) is 65.1 Å². The molecule has 0 saturated carbocycles. The van der Waals surface area contributed by atoms with Crippen molar-refractivity contribution < 1.29 is 0 Å². The minimum absolute atomic E-state index is 0.362. The lowest BCUT2D eigenvalue weighted by Crippen LogP contribution is -2.27. The first-order valence-corrected chi connectivity index (χ1v) is 14.9. The minimum atomic E-state index is 0.362. The van der Waals surface area contributed by atoms with Crippen LogP contribution in [0.4, 0.5) is 0 Å². The molecule has 0 amide bonds. The number of fused-ring (bicyclic) bond motifs is 5. The highest BCUT2D eigenvalue weighted by Gasteiger charge is 2.29. The van der Waals surface area contributed by atoms with Crippen LogP contribution in [0.3, 0.4) is 0 Å². The van der Waals surface area contributed by atoms with Crippen LogP contribution in [0.15, 0.2) is 180 Å². The van der Waals surface area contributed by atoms with Gasteiger partial charge in [0.2, 0.25) is 0 Å². The highest BCUT2D eigenvalue weighted by molar-refractivity contribution is 6.54. The molecule has 3 aromatic carbocycles. The first kappa shape index (κ1) is 26.6. The van der Waals surface area contributed by atoms with Crippen molar-refractivity contribution in [2.75, 3.05) is 0 Å². The van der Waals surface area contributed by atoms with Gasteiger partial charge in [-0.05, 0) is 47.1 Å². The van der Waals surface area contributed by atoms with E-state index >= 15 is 0 Å². The lowest BCUT2D eigenvalue weighted by atomic mass is 9.93. The van der Waals surface area contributed by atoms with Crippen LogP contribution < -0.4 is 5.43 Å². The van der Waals surface area contributed by atoms with Crippen LogP contribution in [0.5, 0.6) is 0 Å². The van der Waals surface area contributed by atoms with Crippen molar-refractivity contribution >= 4 is 34.8 Å². The van der Waals surface area contributed by atoms with Crippen LogP contribution >= 0.6 is 0 Å². The molecule has 0 fully saturated rings. The monoisotopic (exact) mass is 584 g/mol. The molecule has 5 aliphatic heterocycles. The maximum Gasteiger partial charge on any atom is 0.253 e. The smallest absolute Gasteiger partial charge is 0.253 e. The van der Waals surface area contributed by atoms with Crippen molar-refractivity contribution in [2.45, 2.75) is 19.4 Å². The van der Waals surface area contributed by atoms with E-state index in [4.69, 9.17) is 25.0 Å². The van der Waals surface area contributed by atoms with Crippen molar-refractivity contribution in [3.05, 3.63) is 167 Å². The van der Waals surface area contributed by atoms with Gasteiger partial charge in [0.15, 0.2) is 0 Å². The van der Waals surface area contributed by atoms with Crippen molar-refractivity contribution in [1.82, 2.24) is 10.3 Å². The van der Waals surface area contributed by atoms with Crippen LogP contribution in [0, 0.1) is 0 Å². The summed E-state index contributed by atoms with van der Waals surface area (Å²) in [6, 6.07) is 31.0. The Morgan fingerprint density at radius 2 is 1.24 bits per heavy atom. The molecule has 5 heterocycles. The van der Waals surface area contributed by atoms with Gasteiger partial charge in [0.1, 0.15) is 5.82 Å². The molecular formula is C37H28N8. The molecule has 216 valence electrons. The number of hydrazone groups is 1. The average molecular weight is 585 g/mol. The SMILES string of the molecule is C1=CC2=NC1=CC1=NC(=C(Cc3ccccc3)C3=NC(=NC4=NNC(=C2)N4Cc2ccccc2)N=C3Cc2ccccc2)C=C1. The number of hydrogen-bond donors (Lipinski definition) is 1. The quantitative estimate of drug-likeness (QED) is 0.379. The number of aliphatic imine (C=N–C) groups is 5. The van der Waals surface area contributed by atoms with Gasteiger partial charge in [0, 0.05) is 24.5 Å². The second kappa shape index (κ2) is 11.6. The summed E-state index contributed by atoms with van der Waals surface area (Å²) in [5, 5.41) is 4.62. The molecule has 3 aromatic rings. The molecule has 0 aliphatic carbocycles. The zero-order valence-corrected chi connectivity index (χ0v) is 24.4. The number of guanidine groups is 2. The first-order valence-electron chi connectivity index (χ1n) is 14.9. The Morgan fingerprint density at radius 3 is 2.00 bits per heavy atom. The van der Waals surface area contributed by atoms with Crippen molar-refractivity contribution in [1.29, 1.82) is 0 Å². The molecule has 0 unspecified atom stereocenters. The summed E-state index contributed by atoms with van der Waals surface area (Å²) in [6.07, 6.45) is 13.3. The molecule has 0 spiro atoms. The lowest BCUT2D eigenvalue weighted by molar-refractivity contribution is 0.501. The van der Waals surface area contributed by atoms with Gasteiger partial charge in [-0.3, -0.25) is 10.3 Å². The summed E-state index contributed by atoms with van der Waals surface area (Å²) in [5.74, 6) is 1.62. The van der Waals surface area contributed by atoms with E-state index in [0.29, 0.717) is 31.3 Å². The Bertz CT molecular complexity index is 2020. The topological polar surface area (TPSA) is 89.4 Å². The third-order valence-electron chi connectivity index (χ3n) is 7.86. The van der Waals surface area contributed by atoms with E-state index in [9.17, 15) is 0 Å². The zero-order valence-electron chi connectivity index (χ0n) is 24.4. The Labute approximate surface area is 261 Å². The predicted octanol–water partition coefficient (Wildman–Crippen LogP) is 6.11. The third kappa shape index (κ3) is 5.69. The van der Waals surface area contributed by atoms with E-state index in [1.807, 2.05) is 77.7 Å². The van der Waals surface area contributed by atoms with Crippen molar-refractivity contribution in [2.24, 2.45) is 30.1 Å². The second-order valence-electron chi connectivity index (χ2n) is 11.1. The van der Waals surface area contributed by atoms with Crippen molar-refractivity contribution in [3.8, 4) is 0 Å². The molecule has 8 nitrogen and oxygen atoms in total. The molecule has 0 atom stereocenters. The van der Waals surface area contributed by atoms with Gasteiger partial charge >= 0.3 is 0 Å². The number of hydrogen-bond acceptors (Lipinski definition) is 8. The fourth-order valence-electron chi connectivity index (χ4n) is 5.68. The standard InChI is InChI=1S/C37H28N8/c1-4-10-25(11-5-1)20-31-32-19-18-29(39-32)22-28-16-17-30(38-28)23-34-43-44-37(45(34)24-27-14-8-3-9-15-27)42-36-40-33(35(31)41-36)21-26-12-6-2-7-13-26/h1-19,22-23,43H,20-21,24H2. The minimum Gasteiger partial charge on any atom is -0.289 e. The van der Waals surface area contributed by atoms with Gasteiger partial charge < -0.3 is 0 Å². The van der Waals surface area contributed by atoms with Crippen molar-refractivity contribution in [3.63, 3.8) is 0 Å². The summed E-state index contributed by atoms with van der Waals surface area (Å²) >= 11 is 0. The summed E-state index contributed by atoms with van der Waals surface area (Å²) in [4.78, 5) is 26.9. The number of allylic oxidation sites excluding steroid dienone is 7. The normalized spacial score (nSPS) is 18.1. The molecule has 8 heteroatoms. The maximum absolute atomic E-state index is 5.09. The molecule has 1 N–H and O–H groups in total. The number of nitrogens with zero attached hydrogens (tertiary/aromatic N) is 7. The number of nitrogens with one attached hydrogen (secondary N) is 1. The summed E-state index contributed by atoms with van der Waals surface area (Å²) in [5.41, 5.74) is 12.6. The molecule has 8 rings (SSSR count). The fraction of sp³-hybridized carbons (Fsp3) is 0.0811. The van der Waals surface area contributed by atoms with Gasteiger partial charge in [0.25, 0.3) is 11.9 Å². The highest BCUT2D eigenvalue weighted by atomic mass is 15.5. The van der Waals surface area contributed by atoms with Gasteiger partial charge in [-0.1, -0.05) is 91.0 Å². The molecule has 0 radical (unpaired) electrons. The summed E-state index contributed by atoms with van der Waals surface area (Å²) in [7, 11) is 0. The Hall–Kier alpha value is -6.02. The van der Waals surface area contributed by atoms with Crippen LogP contribution in [0.2, 0.25) is 0 Å². The van der Waals surface area contributed by atoms with E-state index < -0.39 is 0 Å². The predicted molar refractivity (Wildman–Crippen MR) is 181 cm³/mol. The summed E-state index contributed by atoms with van der Waals surface area (Å²) < 4.78 is 0. The molecule has 45 heavy (non-hydrogen) atoms. The Kier molecular flexibility index (Phi) is 6.84. The first-order chi connectivity index (χ1) is 22.2. The maximum atomic E-state index is 5.09. The van der Waals surface area contributed by atoms with Crippen LogP contribution in [0.25, 0.3) is 0 Å². The van der Waals surface area contributed by atoms with E-state index in [-0.39, 0.29) is 0 Å². The van der Waals surface area contributed by atoms with E-state index in [1.54, 1.807) is 0 Å². The Balaban J connectivity index is 1.29. The lowest BCUT2D eigenvalue weighted by Gasteiger charge is -2.18. The highest BCUT2D eigenvalue weighted by Crippen LogP contribution is 2.26. The zero-order chi connectivity index (χ0) is 30.0. The Morgan fingerprint density at radius 1 is 0.578 bits per heavy atom. The molecule has 0 aromatic heterocycles. The molecular weight excluding hydrogens is 556 g/mol. The van der Waals surface area contributed by atoms with E-state index in [0.717, 1.165) is 62.3 Å². The van der Waals surface area contributed by atoms with Gasteiger partial charge in [-0.15, -0.1) is 5.10 Å². The third-order valence-corrected chi connectivity index (χ3v) is 7.86. The molecule has 0 saturated heterocycles. The molecule has 5 aliphatic rings. The summed E-state index contributed by atoms with van der Waals surface area (Å²) in [6.45, 7) is 0.566. The number of benzene rings is 3. The fourth-order valence-corrected chi connectivity index (χ4v) is 5.68. The van der Waals surface area contributed by atoms with Gasteiger partial charge in [0.05, 0.1) is 40.8 Å². The van der Waals surface area contributed by atoms with E-state index in [1.165, 1.54) is 0 Å². The van der Waals surface area contributed by atoms with Gasteiger partial charge in [-0.25, -0.2) is 20.0 Å². The van der Waals surface area contributed by atoms with Crippen LogP contribution in [-0.2, 0) is 19.4 Å². The average Bonchev–Trinajstić information content (AvgIpc) is 3.88.